The molecule has 0 amide bonds. The quantitative estimate of drug-likeness (QED) is 0.144. The van der Waals surface area contributed by atoms with Gasteiger partial charge in [-0.25, -0.2) is 4.98 Å². The first-order chi connectivity index (χ1) is 19.0. The summed E-state index contributed by atoms with van der Waals surface area (Å²) in [6, 6.07) is 25.9. The standard InChI is InChI=1S/C31H28F6N2O.H2S/c32-30(33,34)25-15-13-23(14-16-25)27-18-24(19-29(39-27)31(35,36)37)28(40)20-38-17-7-12-26(21-8-3-1-4-9-21)22-10-5-2-6-11-22;/h1-6,8-11,13-16,18-19,26,28,38,40H,7,12,17,20H2;1H2/t28-;/m1./s1. The van der Waals surface area contributed by atoms with Gasteiger partial charge in [0.2, 0.25) is 0 Å². The van der Waals surface area contributed by atoms with Crippen LogP contribution in [0.5, 0.6) is 0 Å². The van der Waals surface area contributed by atoms with Crippen molar-refractivity contribution in [3.63, 3.8) is 0 Å². The fourth-order valence-corrected chi connectivity index (χ4v) is 4.55. The second-order valence-corrected chi connectivity index (χ2v) is 9.48. The molecule has 4 aromatic rings. The first kappa shape index (κ1) is 32.2. The summed E-state index contributed by atoms with van der Waals surface area (Å²) in [5.41, 5.74) is 0.0830. The molecule has 2 N–H and O–H groups in total. The number of halogens is 6. The van der Waals surface area contributed by atoms with Gasteiger partial charge in [-0.3, -0.25) is 0 Å². The maximum absolute atomic E-state index is 13.5. The van der Waals surface area contributed by atoms with Gasteiger partial charge < -0.3 is 10.4 Å². The summed E-state index contributed by atoms with van der Waals surface area (Å²) in [5.74, 6) is 0.176. The van der Waals surface area contributed by atoms with Gasteiger partial charge in [0.15, 0.2) is 0 Å². The minimum Gasteiger partial charge on any atom is -0.387 e. The molecule has 1 aromatic heterocycles. The number of pyridine rings is 1. The number of nitrogens with zero attached hydrogens (tertiary/aromatic N) is 1. The summed E-state index contributed by atoms with van der Waals surface area (Å²) < 4.78 is 79.3. The lowest BCUT2D eigenvalue weighted by Crippen LogP contribution is -2.23. The Balaban J connectivity index is 0.00000462. The number of nitrogens with one attached hydrogen (secondary N) is 1. The Morgan fingerprint density at radius 3 is 1.78 bits per heavy atom. The molecule has 41 heavy (non-hydrogen) atoms. The van der Waals surface area contributed by atoms with E-state index in [1.165, 1.54) is 17.2 Å². The van der Waals surface area contributed by atoms with Crippen molar-refractivity contribution in [2.45, 2.75) is 37.2 Å². The third-order valence-corrected chi connectivity index (χ3v) is 6.62. The fraction of sp³-hybridized carbons (Fsp3) is 0.258. The predicted octanol–water partition coefficient (Wildman–Crippen LogP) is 8.13. The number of aliphatic hydroxyl groups excluding tert-OH is 1. The van der Waals surface area contributed by atoms with Crippen LogP contribution in [0.15, 0.2) is 97.1 Å². The van der Waals surface area contributed by atoms with Crippen LogP contribution in [0.2, 0.25) is 0 Å². The van der Waals surface area contributed by atoms with E-state index in [4.69, 9.17) is 0 Å². The van der Waals surface area contributed by atoms with Crippen LogP contribution in [-0.2, 0) is 12.4 Å². The van der Waals surface area contributed by atoms with E-state index < -0.39 is 29.7 Å². The maximum atomic E-state index is 13.5. The van der Waals surface area contributed by atoms with Gasteiger partial charge in [-0.05, 0) is 60.3 Å². The zero-order valence-corrected chi connectivity index (χ0v) is 22.9. The zero-order chi connectivity index (χ0) is 28.8. The molecular weight excluding hydrogens is 562 g/mol. The van der Waals surface area contributed by atoms with Crippen molar-refractivity contribution in [1.82, 2.24) is 10.3 Å². The van der Waals surface area contributed by atoms with Gasteiger partial charge in [-0.1, -0.05) is 72.8 Å². The highest BCUT2D eigenvalue weighted by molar-refractivity contribution is 7.59. The van der Waals surface area contributed by atoms with E-state index in [2.05, 4.69) is 34.6 Å². The van der Waals surface area contributed by atoms with Crippen LogP contribution in [0.3, 0.4) is 0 Å². The number of benzene rings is 3. The summed E-state index contributed by atoms with van der Waals surface area (Å²) >= 11 is 0. The second-order valence-electron chi connectivity index (χ2n) is 9.48. The lowest BCUT2D eigenvalue weighted by Gasteiger charge is -2.19. The molecule has 0 radical (unpaired) electrons. The van der Waals surface area contributed by atoms with Crippen molar-refractivity contribution in [3.05, 3.63) is 125 Å². The summed E-state index contributed by atoms with van der Waals surface area (Å²) in [4.78, 5) is 3.60. The molecule has 0 aliphatic heterocycles. The van der Waals surface area contributed by atoms with Crippen LogP contribution in [0.4, 0.5) is 26.3 Å². The van der Waals surface area contributed by atoms with Gasteiger partial charge in [0.25, 0.3) is 0 Å². The van der Waals surface area contributed by atoms with Crippen molar-refractivity contribution in [2.24, 2.45) is 0 Å². The largest absolute Gasteiger partial charge is 0.433 e. The van der Waals surface area contributed by atoms with Crippen molar-refractivity contribution in [1.29, 1.82) is 0 Å². The number of hydrogen-bond donors (Lipinski definition) is 2. The molecule has 3 nitrogen and oxygen atoms in total. The van der Waals surface area contributed by atoms with Crippen molar-refractivity contribution in [3.8, 4) is 11.3 Å². The van der Waals surface area contributed by atoms with E-state index in [1.54, 1.807) is 0 Å². The predicted molar refractivity (Wildman–Crippen MR) is 152 cm³/mol. The molecule has 0 fully saturated rings. The van der Waals surface area contributed by atoms with Crippen LogP contribution >= 0.6 is 13.5 Å². The molecule has 0 bridgehead atoms. The minimum absolute atomic E-state index is 0. The molecule has 0 saturated carbocycles. The lowest BCUT2D eigenvalue weighted by molar-refractivity contribution is -0.141. The third kappa shape index (κ3) is 8.82. The molecule has 1 heterocycles. The second kappa shape index (κ2) is 14.0. The van der Waals surface area contributed by atoms with Crippen LogP contribution in [0.25, 0.3) is 11.3 Å². The van der Waals surface area contributed by atoms with Crippen LogP contribution in [0.1, 0.15) is 52.8 Å². The van der Waals surface area contributed by atoms with Gasteiger partial charge in [-0.15, -0.1) is 0 Å². The Kier molecular flexibility index (Phi) is 11.0. The van der Waals surface area contributed by atoms with E-state index in [-0.39, 0.29) is 42.8 Å². The van der Waals surface area contributed by atoms with Crippen molar-refractivity contribution in [2.75, 3.05) is 13.1 Å². The Morgan fingerprint density at radius 1 is 0.707 bits per heavy atom. The number of aromatic nitrogens is 1. The molecule has 218 valence electrons. The third-order valence-electron chi connectivity index (χ3n) is 6.62. The number of hydrogen-bond acceptors (Lipinski definition) is 3. The smallest absolute Gasteiger partial charge is 0.387 e. The summed E-state index contributed by atoms with van der Waals surface area (Å²) in [7, 11) is 0. The topological polar surface area (TPSA) is 45.1 Å². The molecule has 1 atom stereocenters. The van der Waals surface area contributed by atoms with E-state index in [0.717, 1.165) is 43.2 Å². The lowest BCUT2D eigenvalue weighted by atomic mass is 9.87. The summed E-state index contributed by atoms with van der Waals surface area (Å²) in [5, 5.41) is 13.8. The average Bonchev–Trinajstić information content (AvgIpc) is 2.94. The maximum Gasteiger partial charge on any atom is 0.433 e. The van der Waals surface area contributed by atoms with Crippen LogP contribution in [-0.4, -0.2) is 23.2 Å². The Morgan fingerprint density at radius 2 is 1.27 bits per heavy atom. The highest BCUT2D eigenvalue weighted by atomic mass is 32.1. The Bertz CT molecular complexity index is 1320. The van der Waals surface area contributed by atoms with Gasteiger partial charge in [-0.2, -0.15) is 39.8 Å². The van der Waals surface area contributed by atoms with E-state index in [0.29, 0.717) is 6.54 Å². The molecule has 0 spiro atoms. The van der Waals surface area contributed by atoms with E-state index in [9.17, 15) is 31.4 Å². The number of aliphatic hydroxyl groups is 1. The van der Waals surface area contributed by atoms with Gasteiger partial charge >= 0.3 is 12.4 Å². The first-order valence-corrected chi connectivity index (χ1v) is 12.8. The van der Waals surface area contributed by atoms with E-state index in [1.807, 2.05) is 36.4 Å². The Labute approximate surface area is 241 Å². The monoisotopic (exact) mass is 592 g/mol. The number of alkyl halides is 6. The molecule has 0 aliphatic carbocycles. The summed E-state index contributed by atoms with van der Waals surface area (Å²) in [6.45, 7) is 0.519. The fourth-order valence-electron chi connectivity index (χ4n) is 4.55. The Hall–Kier alpha value is -3.34. The normalized spacial score (nSPS) is 12.7. The SMILES string of the molecule is O[C@H](CNCCCC(c1ccccc1)c1ccccc1)c1cc(-c2ccc(C(F)(F)F)cc2)nc(C(F)(F)F)c1.S. The number of rotatable bonds is 10. The highest BCUT2D eigenvalue weighted by Crippen LogP contribution is 2.34. The zero-order valence-electron chi connectivity index (χ0n) is 21.9. The molecule has 0 unspecified atom stereocenters. The molecular formula is C31H30F6N2OS. The summed E-state index contributed by atoms with van der Waals surface area (Å²) in [6.07, 6.45) is -9.08. The minimum atomic E-state index is -4.80. The molecule has 10 heteroatoms. The van der Waals surface area contributed by atoms with Crippen molar-refractivity contribution < 1.29 is 31.4 Å². The van der Waals surface area contributed by atoms with Gasteiger partial charge in [0.05, 0.1) is 17.4 Å². The highest BCUT2D eigenvalue weighted by Gasteiger charge is 2.34. The molecule has 3 aromatic carbocycles. The van der Waals surface area contributed by atoms with Crippen molar-refractivity contribution >= 4 is 13.5 Å². The molecule has 0 saturated heterocycles. The average molecular weight is 593 g/mol. The van der Waals surface area contributed by atoms with E-state index >= 15 is 0 Å². The van der Waals surface area contributed by atoms with Crippen LogP contribution in [0, 0.1) is 0 Å². The molecule has 0 aliphatic rings. The molecule has 4 rings (SSSR count). The van der Waals surface area contributed by atoms with Gasteiger partial charge in [0.1, 0.15) is 5.69 Å². The first-order valence-electron chi connectivity index (χ1n) is 12.8. The van der Waals surface area contributed by atoms with Crippen LogP contribution < -0.4 is 5.32 Å². The van der Waals surface area contributed by atoms with Gasteiger partial charge in [0, 0.05) is 18.0 Å².